The summed E-state index contributed by atoms with van der Waals surface area (Å²) >= 11 is 0. The lowest BCUT2D eigenvalue weighted by atomic mass is 10.2. The Hall–Kier alpha value is -1.91. The predicted molar refractivity (Wildman–Crippen MR) is 69.2 cm³/mol. The van der Waals surface area contributed by atoms with E-state index in [1.807, 2.05) is 12.1 Å². The Balaban J connectivity index is 2.50. The van der Waals surface area contributed by atoms with Gasteiger partial charge in [-0.15, -0.1) is 0 Å². The highest BCUT2D eigenvalue weighted by Crippen LogP contribution is 2.24. The molecule has 0 aliphatic rings. The molecule has 0 bridgehead atoms. The van der Waals surface area contributed by atoms with Gasteiger partial charge >= 0.3 is 0 Å². The van der Waals surface area contributed by atoms with Gasteiger partial charge in [0.15, 0.2) is 0 Å². The minimum atomic E-state index is 0.0971. The van der Waals surface area contributed by atoms with Gasteiger partial charge in [-0.25, -0.2) is 0 Å². The van der Waals surface area contributed by atoms with Crippen LogP contribution in [0.3, 0.4) is 0 Å². The van der Waals surface area contributed by atoms with Gasteiger partial charge in [0.05, 0.1) is 12.8 Å². The third kappa shape index (κ3) is 3.86. The Morgan fingerprint density at radius 2 is 2.18 bits per heavy atom. The maximum Gasteiger partial charge on any atom is 0.223 e. The highest BCUT2D eigenvalue weighted by molar-refractivity contribution is 5.76. The summed E-state index contributed by atoms with van der Waals surface area (Å²) in [5.41, 5.74) is 7.19. The van der Waals surface area contributed by atoms with Crippen molar-refractivity contribution in [1.29, 1.82) is 0 Å². The van der Waals surface area contributed by atoms with E-state index in [0.717, 1.165) is 5.69 Å². The first-order valence-electron chi connectivity index (χ1n) is 5.42. The molecule has 94 valence electrons. The molecular formula is C12H19N3O2. The summed E-state index contributed by atoms with van der Waals surface area (Å²) in [5.74, 6) is 0.730. The molecule has 0 atom stereocenters. The van der Waals surface area contributed by atoms with Gasteiger partial charge < -0.3 is 20.7 Å². The topological polar surface area (TPSA) is 67.6 Å². The van der Waals surface area contributed by atoms with Crippen LogP contribution in [0.4, 0.5) is 11.4 Å². The molecule has 3 N–H and O–H groups in total. The van der Waals surface area contributed by atoms with Crippen molar-refractivity contribution >= 4 is 17.3 Å². The minimum absolute atomic E-state index is 0.0971. The van der Waals surface area contributed by atoms with Crippen molar-refractivity contribution in [3.8, 4) is 5.75 Å². The van der Waals surface area contributed by atoms with Crippen molar-refractivity contribution in [2.45, 2.75) is 6.42 Å². The van der Waals surface area contributed by atoms with E-state index in [0.29, 0.717) is 24.4 Å². The van der Waals surface area contributed by atoms with E-state index in [4.69, 9.17) is 10.5 Å². The maximum absolute atomic E-state index is 11.4. The summed E-state index contributed by atoms with van der Waals surface area (Å²) in [7, 11) is 5.06. The van der Waals surface area contributed by atoms with E-state index in [1.165, 1.54) is 0 Å². The van der Waals surface area contributed by atoms with E-state index >= 15 is 0 Å². The van der Waals surface area contributed by atoms with Gasteiger partial charge in [-0.3, -0.25) is 4.79 Å². The number of rotatable bonds is 5. The predicted octanol–water partition coefficient (Wildman–Crippen LogP) is 1.17. The molecule has 0 radical (unpaired) electrons. The maximum atomic E-state index is 11.4. The number of nitrogen functional groups attached to an aromatic ring is 1. The monoisotopic (exact) mass is 237 g/mol. The van der Waals surface area contributed by atoms with Gasteiger partial charge in [-0.1, -0.05) is 0 Å². The van der Waals surface area contributed by atoms with Gasteiger partial charge in [0, 0.05) is 38.8 Å². The summed E-state index contributed by atoms with van der Waals surface area (Å²) in [4.78, 5) is 12.9. The van der Waals surface area contributed by atoms with Crippen molar-refractivity contribution in [2.75, 3.05) is 38.8 Å². The number of nitrogens with zero attached hydrogens (tertiary/aromatic N) is 1. The summed E-state index contributed by atoms with van der Waals surface area (Å²) in [6.45, 7) is 0.587. The minimum Gasteiger partial charge on any atom is -0.495 e. The second-order valence-corrected chi connectivity index (χ2v) is 3.92. The van der Waals surface area contributed by atoms with E-state index in [-0.39, 0.29) is 5.91 Å². The van der Waals surface area contributed by atoms with Crippen molar-refractivity contribution < 1.29 is 9.53 Å². The molecule has 1 amide bonds. The highest BCUT2D eigenvalue weighted by Gasteiger charge is 2.04. The molecule has 5 nitrogen and oxygen atoms in total. The lowest BCUT2D eigenvalue weighted by Crippen LogP contribution is -2.23. The van der Waals surface area contributed by atoms with E-state index in [1.54, 1.807) is 32.2 Å². The van der Waals surface area contributed by atoms with Crippen LogP contribution in [0.5, 0.6) is 5.75 Å². The van der Waals surface area contributed by atoms with Crippen LogP contribution in [0.2, 0.25) is 0 Å². The summed E-state index contributed by atoms with van der Waals surface area (Å²) < 4.78 is 5.11. The van der Waals surface area contributed by atoms with Gasteiger partial charge in [-0.2, -0.15) is 0 Å². The molecule has 1 aromatic rings. The fourth-order valence-electron chi connectivity index (χ4n) is 1.36. The van der Waals surface area contributed by atoms with Crippen molar-refractivity contribution in [1.82, 2.24) is 4.90 Å². The number of nitrogens with two attached hydrogens (primary N) is 1. The number of nitrogens with one attached hydrogen (secondary N) is 1. The molecule has 17 heavy (non-hydrogen) atoms. The number of ether oxygens (including phenoxy) is 1. The normalized spacial score (nSPS) is 9.82. The first kappa shape index (κ1) is 13.2. The second kappa shape index (κ2) is 5.98. The zero-order valence-electron chi connectivity index (χ0n) is 10.5. The number of carbonyl (C=O) groups is 1. The third-order valence-corrected chi connectivity index (χ3v) is 2.40. The Morgan fingerprint density at radius 1 is 1.47 bits per heavy atom. The quantitative estimate of drug-likeness (QED) is 0.754. The largest absolute Gasteiger partial charge is 0.495 e. The number of methoxy groups -OCH3 is 1. The lowest BCUT2D eigenvalue weighted by molar-refractivity contribution is -0.128. The summed E-state index contributed by atoms with van der Waals surface area (Å²) in [6.07, 6.45) is 0.458. The van der Waals surface area contributed by atoms with E-state index in [2.05, 4.69) is 5.32 Å². The molecule has 1 rings (SSSR count). The molecule has 0 aliphatic carbocycles. The van der Waals surface area contributed by atoms with E-state index in [9.17, 15) is 4.79 Å². The van der Waals surface area contributed by atoms with Gasteiger partial charge in [0.1, 0.15) is 5.75 Å². The lowest BCUT2D eigenvalue weighted by Gasteiger charge is -2.12. The molecule has 5 heteroatoms. The SMILES string of the molecule is COc1cc(NCCC(=O)N(C)C)ccc1N. The summed E-state index contributed by atoms with van der Waals surface area (Å²) in [5, 5.41) is 3.15. The molecule has 0 unspecified atom stereocenters. The van der Waals surface area contributed by atoms with Gasteiger partial charge in [0.2, 0.25) is 5.91 Å². The van der Waals surface area contributed by atoms with Crippen LogP contribution in [0.25, 0.3) is 0 Å². The molecule has 1 aromatic carbocycles. The Kier molecular flexibility index (Phi) is 4.63. The van der Waals surface area contributed by atoms with E-state index < -0.39 is 0 Å². The van der Waals surface area contributed by atoms with Crippen LogP contribution in [-0.2, 0) is 4.79 Å². The molecule has 0 aromatic heterocycles. The summed E-state index contributed by atoms with van der Waals surface area (Å²) in [6, 6.07) is 5.45. The number of hydrogen-bond donors (Lipinski definition) is 2. The molecule has 0 fully saturated rings. The number of hydrogen-bond acceptors (Lipinski definition) is 4. The average molecular weight is 237 g/mol. The van der Waals surface area contributed by atoms with Crippen LogP contribution in [0, 0.1) is 0 Å². The van der Waals surface area contributed by atoms with Crippen LogP contribution in [0.1, 0.15) is 6.42 Å². The van der Waals surface area contributed by atoms with Crippen molar-refractivity contribution in [2.24, 2.45) is 0 Å². The Labute approximate surface area is 102 Å². The first-order valence-corrected chi connectivity index (χ1v) is 5.42. The number of benzene rings is 1. The number of carbonyl (C=O) groups excluding carboxylic acids is 1. The molecule has 0 aliphatic heterocycles. The fraction of sp³-hybridized carbons (Fsp3) is 0.417. The zero-order chi connectivity index (χ0) is 12.8. The zero-order valence-corrected chi connectivity index (χ0v) is 10.5. The molecule has 0 saturated carbocycles. The average Bonchev–Trinajstić information content (AvgIpc) is 2.31. The molecule has 0 spiro atoms. The van der Waals surface area contributed by atoms with Crippen LogP contribution < -0.4 is 15.8 Å². The molecule has 0 saturated heterocycles. The van der Waals surface area contributed by atoms with Crippen LogP contribution in [-0.4, -0.2) is 38.6 Å². The van der Waals surface area contributed by atoms with Crippen molar-refractivity contribution in [3.63, 3.8) is 0 Å². The van der Waals surface area contributed by atoms with Crippen LogP contribution in [0.15, 0.2) is 18.2 Å². The fourth-order valence-corrected chi connectivity index (χ4v) is 1.36. The van der Waals surface area contributed by atoms with Gasteiger partial charge in [-0.05, 0) is 12.1 Å². The standard InChI is InChI=1S/C12H19N3O2/c1-15(2)12(16)6-7-14-9-4-5-10(13)11(8-9)17-3/h4-5,8,14H,6-7,13H2,1-3H3. The second-order valence-electron chi connectivity index (χ2n) is 3.92. The number of amides is 1. The third-order valence-electron chi connectivity index (χ3n) is 2.40. The smallest absolute Gasteiger partial charge is 0.223 e. The Morgan fingerprint density at radius 3 is 2.76 bits per heavy atom. The molecule has 0 heterocycles. The van der Waals surface area contributed by atoms with Gasteiger partial charge in [0.25, 0.3) is 0 Å². The highest BCUT2D eigenvalue weighted by atomic mass is 16.5. The van der Waals surface area contributed by atoms with Crippen molar-refractivity contribution in [3.05, 3.63) is 18.2 Å². The molecular weight excluding hydrogens is 218 g/mol. The number of anilines is 2. The van der Waals surface area contributed by atoms with Crippen LogP contribution >= 0.6 is 0 Å². The first-order chi connectivity index (χ1) is 8.04. The Bertz CT molecular complexity index is 391.